The van der Waals surface area contributed by atoms with E-state index in [1.54, 1.807) is 18.2 Å². The Kier molecular flexibility index (Phi) is 4.00. The summed E-state index contributed by atoms with van der Waals surface area (Å²) in [5.41, 5.74) is 1.24. The molecule has 1 aromatic carbocycles. The zero-order valence-corrected chi connectivity index (χ0v) is 14.4. The number of likely N-dealkylation sites (N-methyl/N-ethyl adjacent to an activating group) is 1. The van der Waals surface area contributed by atoms with E-state index in [4.69, 9.17) is 0 Å². The maximum atomic E-state index is 14.1. The second kappa shape index (κ2) is 6.34. The quantitative estimate of drug-likeness (QED) is 0.744. The molecule has 0 saturated carbocycles. The number of carbonyl (C=O) groups excluding carboxylic acids is 1. The van der Waals surface area contributed by atoms with Crippen LogP contribution >= 0.6 is 0 Å². The normalized spacial score (nSPS) is 17.1. The molecule has 0 spiro atoms. The molecular weight excluding hydrogens is 337 g/mol. The van der Waals surface area contributed by atoms with Crippen LogP contribution in [0.15, 0.2) is 30.5 Å². The summed E-state index contributed by atoms with van der Waals surface area (Å²) in [7, 11) is 1.87. The molecule has 3 heterocycles. The van der Waals surface area contributed by atoms with Gasteiger partial charge in [0.05, 0.1) is 30.7 Å². The lowest BCUT2D eigenvalue weighted by Gasteiger charge is -2.32. The van der Waals surface area contributed by atoms with Crippen molar-refractivity contribution in [3.05, 3.63) is 47.9 Å². The van der Waals surface area contributed by atoms with Crippen LogP contribution in [0.5, 0.6) is 0 Å². The van der Waals surface area contributed by atoms with Gasteiger partial charge in [0.15, 0.2) is 0 Å². The third-order valence-corrected chi connectivity index (χ3v) is 4.63. The van der Waals surface area contributed by atoms with E-state index in [0.29, 0.717) is 30.0 Å². The Hall–Kier alpha value is -3.07. The molecule has 1 atom stereocenters. The van der Waals surface area contributed by atoms with Crippen LogP contribution in [-0.4, -0.2) is 48.9 Å². The second-order valence-corrected chi connectivity index (χ2v) is 6.33. The highest BCUT2D eigenvalue weighted by molar-refractivity contribution is 5.97. The molecule has 2 N–H and O–H groups in total. The van der Waals surface area contributed by atoms with Gasteiger partial charge < -0.3 is 9.88 Å². The number of rotatable bonds is 3. The summed E-state index contributed by atoms with van der Waals surface area (Å²) < 4.78 is 16.0. The fourth-order valence-electron chi connectivity index (χ4n) is 3.17. The molecule has 4 rings (SSSR count). The molecular formula is C17H18FN7O. The smallest absolute Gasteiger partial charge is 0.243 e. The number of carbonyl (C=O) groups is 1. The van der Waals surface area contributed by atoms with Crippen molar-refractivity contribution in [3.63, 3.8) is 0 Å². The van der Waals surface area contributed by atoms with E-state index < -0.39 is 0 Å². The molecule has 1 amide bonds. The van der Waals surface area contributed by atoms with Crippen LogP contribution in [0.1, 0.15) is 11.6 Å². The molecule has 0 bridgehead atoms. The van der Waals surface area contributed by atoms with E-state index in [1.807, 2.05) is 23.4 Å². The zero-order valence-electron chi connectivity index (χ0n) is 14.4. The average molecular weight is 355 g/mol. The Bertz CT molecular complexity index is 964. The lowest BCUT2D eigenvalue weighted by atomic mass is 10.1. The predicted molar refractivity (Wildman–Crippen MR) is 92.6 cm³/mol. The molecule has 8 nitrogen and oxygen atoms in total. The number of aromatic nitrogens is 5. The van der Waals surface area contributed by atoms with Crippen LogP contribution in [0.2, 0.25) is 0 Å². The molecule has 0 fully saturated rings. The molecule has 2 aromatic heterocycles. The van der Waals surface area contributed by atoms with Crippen LogP contribution in [0.3, 0.4) is 0 Å². The standard InChI is InChI=1S/C17H18FN7O/c1-10-21-22-15-9-24(2)14(8-25(10)15)17(26)20-13-7-19-23-16(13)11-5-3-4-6-12(11)18/h3-7,14H,8-9H2,1-2H3,(H,19,23)(H,20,26). The Morgan fingerprint density at radius 3 is 2.96 bits per heavy atom. The lowest BCUT2D eigenvalue weighted by Crippen LogP contribution is -2.48. The first kappa shape index (κ1) is 16.4. The fourth-order valence-corrected chi connectivity index (χ4v) is 3.17. The second-order valence-electron chi connectivity index (χ2n) is 6.33. The van der Waals surface area contributed by atoms with Crippen LogP contribution in [0, 0.1) is 12.7 Å². The Morgan fingerprint density at radius 2 is 2.15 bits per heavy atom. The molecule has 26 heavy (non-hydrogen) atoms. The highest BCUT2D eigenvalue weighted by atomic mass is 19.1. The van der Waals surface area contributed by atoms with Crippen LogP contribution < -0.4 is 5.32 Å². The third-order valence-electron chi connectivity index (χ3n) is 4.63. The van der Waals surface area contributed by atoms with Crippen molar-refractivity contribution < 1.29 is 9.18 Å². The highest BCUT2D eigenvalue weighted by Gasteiger charge is 2.31. The number of halogens is 1. The number of amides is 1. The molecule has 3 aromatic rings. The van der Waals surface area contributed by atoms with E-state index in [9.17, 15) is 9.18 Å². The lowest BCUT2D eigenvalue weighted by molar-refractivity contribution is -0.122. The van der Waals surface area contributed by atoms with Gasteiger partial charge in [0, 0.05) is 5.56 Å². The number of aryl methyl sites for hydroxylation is 1. The van der Waals surface area contributed by atoms with Gasteiger partial charge in [-0.05, 0) is 26.1 Å². The van der Waals surface area contributed by atoms with E-state index >= 15 is 0 Å². The first-order valence-electron chi connectivity index (χ1n) is 8.22. The number of hydrogen-bond acceptors (Lipinski definition) is 5. The molecule has 0 aliphatic carbocycles. The Morgan fingerprint density at radius 1 is 1.35 bits per heavy atom. The summed E-state index contributed by atoms with van der Waals surface area (Å²) in [6, 6.07) is 5.96. The average Bonchev–Trinajstić information content (AvgIpc) is 3.21. The molecule has 0 radical (unpaired) electrons. The van der Waals surface area contributed by atoms with Gasteiger partial charge in [0.1, 0.15) is 23.5 Å². The van der Waals surface area contributed by atoms with Gasteiger partial charge in [-0.1, -0.05) is 12.1 Å². The molecule has 9 heteroatoms. The maximum absolute atomic E-state index is 14.1. The fraction of sp³-hybridized carbons (Fsp3) is 0.294. The topological polar surface area (TPSA) is 91.7 Å². The van der Waals surface area contributed by atoms with Crippen molar-refractivity contribution in [1.29, 1.82) is 0 Å². The van der Waals surface area contributed by atoms with Gasteiger partial charge in [-0.15, -0.1) is 10.2 Å². The van der Waals surface area contributed by atoms with Gasteiger partial charge in [0.2, 0.25) is 5.91 Å². The number of hydrogen-bond donors (Lipinski definition) is 2. The van der Waals surface area contributed by atoms with Gasteiger partial charge >= 0.3 is 0 Å². The van der Waals surface area contributed by atoms with E-state index in [0.717, 1.165) is 11.6 Å². The number of anilines is 1. The number of aromatic amines is 1. The summed E-state index contributed by atoms with van der Waals surface area (Å²) in [6.07, 6.45) is 1.48. The third kappa shape index (κ3) is 2.76. The summed E-state index contributed by atoms with van der Waals surface area (Å²) in [5.74, 6) is 1.04. The number of nitrogens with zero attached hydrogens (tertiary/aromatic N) is 5. The largest absolute Gasteiger partial charge is 0.321 e. The molecule has 1 unspecified atom stereocenters. The van der Waals surface area contributed by atoms with Gasteiger partial charge in [-0.3, -0.25) is 14.8 Å². The zero-order chi connectivity index (χ0) is 18.3. The summed E-state index contributed by atoms with van der Waals surface area (Å²) in [6.45, 7) is 2.86. The van der Waals surface area contributed by atoms with Crippen LogP contribution in [0.25, 0.3) is 11.3 Å². The number of fused-ring (bicyclic) bond motifs is 1. The predicted octanol–water partition coefficient (Wildman–Crippen LogP) is 1.57. The van der Waals surface area contributed by atoms with Gasteiger partial charge in [-0.2, -0.15) is 5.10 Å². The van der Waals surface area contributed by atoms with Gasteiger partial charge in [0.25, 0.3) is 0 Å². The maximum Gasteiger partial charge on any atom is 0.243 e. The van der Waals surface area contributed by atoms with Gasteiger partial charge in [-0.25, -0.2) is 4.39 Å². The summed E-state index contributed by atoms with van der Waals surface area (Å²) >= 11 is 0. The van der Waals surface area contributed by atoms with E-state index in [1.165, 1.54) is 12.3 Å². The number of H-pyrrole nitrogens is 1. The first-order valence-corrected chi connectivity index (χ1v) is 8.22. The summed E-state index contributed by atoms with van der Waals surface area (Å²) in [5, 5.41) is 17.8. The van der Waals surface area contributed by atoms with Crippen molar-refractivity contribution in [3.8, 4) is 11.3 Å². The molecule has 1 aliphatic heterocycles. The van der Waals surface area contributed by atoms with Crippen molar-refractivity contribution in [1.82, 2.24) is 29.9 Å². The molecule has 0 saturated heterocycles. The van der Waals surface area contributed by atoms with Crippen LogP contribution in [-0.2, 0) is 17.9 Å². The Labute approximate surface area is 149 Å². The number of benzene rings is 1. The van der Waals surface area contributed by atoms with Crippen LogP contribution in [0.4, 0.5) is 10.1 Å². The molecule has 134 valence electrons. The van der Waals surface area contributed by atoms with Crippen molar-refractivity contribution >= 4 is 11.6 Å². The minimum Gasteiger partial charge on any atom is -0.321 e. The Balaban J connectivity index is 1.58. The SMILES string of the molecule is Cc1nnc2n1CC(C(=O)Nc1cn[nH]c1-c1ccccc1F)N(C)C2. The summed E-state index contributed by atoms with van der Waals surface area (Å²) in [4.78, 5) is 14.8. The van der Waals surface area contributed by atoms with E-state index in [2.05, 4.69) is 25.7 Å². The van der Waals surface area contributed by atoms with Crippen molar-refractivity contribution in [2.75, 3.05) is 12.4 Å². The first-order chi connectivity index (χ1) is 12.5. The monoisotopic (exact) mass is 355 g/mol. The molecule has 1 aliphatic rings. The number of nitrogens with one attached hydrogen (secondary N) is 2. The highest BCUT2D eigenvalue weighted by Crippen LogP contribution is 2.28. The minimum absolute atomic E-state index is 0.190. The van der Waals surface area contributed by atoms with Crippen molar-refractivity contribution in [2.45, 2.75) is 26.1 Å². The minimum atomic E-state index is -0.388. The van der Waals surface area contributed by atoms with E-state index in [-0.39, 0.29) is 17.8 Å². The van der Waals surface area contributed by atoms with Crippen molar-refractivity contribution in [2.24, 2.45) is 0 Å².